The molecule has 0 radical (unpaired) electrons. The van der Waals surface area contributed by atoms with Gasteiger partial charge in [0.15, 0.2) is 5.82 Å². The van der Waals surface area contributed by atoms with E-state index in [4.69, 9.17) is 16.3 Å². The summed E-state index contributed by atoms with van der Waals surface area (Å²) in [5.41, 5.74) is 2.17. The Morgan fingerprint density at radius 1 is 0.905 bits per heavy atom. The highest BCUT2D eigenvalue weighted by Crippen LogP contribution is 2.26. The Hall–Kier alpha value is -2.39. The summed E-state index contributed by atoms with van der Waals surface area (Å²) in [6.45, 7) is 0. The SMILES string of the molecule is Fc1cc(Cl)cnc1Oc1ccc(-c2ccccc2)cc1. The van der Waals surface area contributed by atoms with E-state index in [2.05, 4.69) is 4.98 Å². The van der Waals surface area contributed by atoms with Crippen molar-refractivity contribution in [3.8, 4) is 22.8 Å². The minimum Gasteiger partial charge on any atom is -0.436 e. The summed E-state index contributed by atoms with van der Waals surface area (Å²) in [5, 5.41) is 0.235. The molecule has 21 heavy (non-hydrogen) atoms. The number of ether oxygens (including phenoxy) is 1. The molecule has 0 aliphatic rings. The van der Waals surface area contributed by atoms with E-state index in [1.165, 1.54) is 12.3 Å². The van der Waals surface area contributed by atoms with E-state index < -0.39 is 5.82 Å². The van der Waals surface area contributed by atoms with E-state index >= 15 is 0 Å². The van der Waals surface area contributed by atoms with Crippen molar-refractivity contribution in [3.63, 3.8) is 0 Å². The van der Waals surface area contributed by atoms with Gasteiger partial charge in [-0.25, -0.2) is 9.37 Å². The minimum absolute atomic E-state index is 0.0909. The topological polar surface area (TPSA) is 22.1 Å². The molecule has 0 atom stereocenters. The number of benzene rings is 2. The Morgan fingerprint density at radius 3 is 2.24 bits per heavy atom. The van der Waals surface area contributed by atoms with Crippen molar-refractivity contribution in [3.05, 3.63) is 77.7 Å². The van der Waals surface area contributed by atoms with Crippen LogP contribution in [0.4, 0.5) is 4.39 Å². The molecule has 0 aliphatic carbocycles. The van der Waals surface area contributed by atoms with Gasteiger partial charge in [-0.05, 0) is 29.3 Å². The van der Waals surface area contributed by atoms with E-state index in [0.29, 0.717) is 5.75 Å². The van der Waals surface area contributed by atoms with Gasteiger partial charge in [0.2, 0.25) is 0 Å². The predicted octanol–water partition coefficient (Wildman–Crippen LogP) is 5.33. The Balaban J connectivity index is 1.81. The van der Waals surface area contributed by atoms with Gasteiger partial charge < -0.3 is 4.74 Å². The first-order valence-corrected chi connectivity index (χ1v) is 6.74. The van der Waals surface area contributed by atoms with Crippen molar-refractivity contribution in [1.82, 2.24) is 4.98 Å². The number of hydrogen-bond acceptors (Lipinski definition) is 2. The van der Waals surface area contributed by atoms with Crippen LogP contribution in [0, 0.1) is 5.82 Å². The maximum absolute atomic E-state index is 13.6. The lowest BCUT2D eigenvalue weighted by molar-refractivity contribution is 0.423. The van der Waals surface area contributed by atoms with Crippen LogP contribution in [-0.2, 0) is 0 Å². The van der Waals surface area contributed by atoms with Crippen molar-refractivity contribution >= 4 is 11.6 Å². The van der Waals surface area contributed by atoms with Gasteiger partial charge >= 0.3 is 0 Å². The van der Waals surface area contributed by atoms with Crippen LogP contribution in [0.15, 0.2) is 66.9 Å². The molecule has 2 aromatic carbocycles. The van der Waals surface area contributed by atoms with Crippen LogP contribution in [0.1, 0.15) is 0 Å². The summed E-state index contributed by atoms with van der Waals surface area (Å²) < 4.78 is 19.0. The molecular weight excluding hydrogens is 289 g/mol. The van der Waals surface area contributed by atoms with Gasteiger partial charge in [0.05, 0.1) is 5.02 Å². The Morgan fingerprint density at radius 2 is 1.57 bits per heavy atom. The van der Waals surface area contributed by atoms with Crippen LogP contribution < -0.4 is 4.74 Å². The molecule has 3 aromatic rings. The number of halogens is 2. The van der Waals surface area contributed by atoms with E-state index in [1.54, 1.807) is 12.1 Å². The molecule has 4 heteroatoms. The normalized spacial score (nSPS) is 10.4. The molecule has 0 saturated carbocycles. The summed E-state index contributed by atoms with van der Waals surface area (Å²) >= 11 is 5.65. The number of aromatic nitrogens is 1. The van der Waals surface area contributed by atoms with Gasteiger partial charge in [0.1, 0.15) is 5.75 Å². The Labute approximate surface area is 126 Å². The first-order valence-electron chi connectivity index (χ1n) is 6.37. The zero-order chi connectivity index (χ0) is 14.7. The molecule has 0 spiro atoms. The smallest absolute Gasteiger partial charge is 0.255 e. The maximum atomic E-state index is 13.6. The highest BCUT2D eigenvalue weighted by molar-refractivity contribution is 6.30. The number of nitrogens with zero attached hydrogens (tertiary/aromatic N) is 1. The number of hydrogen-bond donors (Lipinski definition) is 0. The van der Waals surface area contributed by atoms with Gasteiger partial charge in [-0.2, -0.15) is 0 Å². The van der Waals surface area contributed by atoms with E-state index in [1.807, 2.05) is 42.5 Å². The van der Waals surface area contributed by atoms with Gasteiger partial charge in [-0.15, -0.1) is 0 Å². The van der Waals surface area contributed by atoms with Gasteiger partial charge in [0.25, 0.3) is 5.88 Å². The van der Waals surface area contributed by atoms with Crippen LogP contribution in [0.2, 0.25) is 5.02 Å². The number of pyridine rings is 1. The fourth-order valence-electron chi connectivity index (χ4n) is 1.93. The Bertz CT molecular complexity index is 744. The standard InChI is InChI=1S/C17H11ClFNO/c18-14-10-16(19)17(20-11-14)21-15-8-6-13(7-9-15)12-4-2-1-3-5-12/h1-11H. The summed E-state index contributed by atoms with van der Waals surface area (Å²) in [6.07, 6.45) is 1.35. The molecule has 0 fully saturated rings. The third-order valence-corrected chi connectivity index (χ3v) is 3.16. The predicted molar refractivity (Wildman–Crippen MR) is 81.2 cm³/mol. The van der Waals surface area contributed by atoms with Crippen molar-refractivity contribution in [1.29, 1.82) is 0 Å². The molecule has 0 amide bonds. The molecule has 0 unspecified atom stereocenters. The fourth-order valence-corrected chi connectivity index (χ4v) is 2.08. The molecule has 1 aromatic heterocycles. The van der Waals surface area contributed by atoms with Crippen LogP contribution in [0.25, 0.3) is 11.1 Å². The third-order valence-electron chi connectivity index (χ3n) is 2.95. The first-order chi connectivity index (χ1) is 10.2. The maximum Gasteiger partial charge on any atom is 0.255 e. The van der Waals surface area contributed by atoms with Crippen LogP contribution in [0.5, 0.6) is 11.6 Å². The second-order valence-electron chi connectivity index (χ2n) is 4.43. The monoisotopic (exact) mass is 299 g/mol. The van der Waals surface area contributed by atoms with Crippen LogP contribution >= 0.6 is 11.6 Å². The van der Waals surface area contributed by atoms with Crippen molar-refractivity contribution < 1.29 is 9.13 Å². The van der Waals surface area contributed by atoms with Gasteiger partial charge in [0, 0.05) is 6.20 Å². The quantitative estimate of drug-likeness (QED) is 0.652. The zero-order valence-electron chi connectivity index (χ0n) is 11.0. The minimum atomic E-state index is -0.588. The molecule has 2 nitrogen and oxygen atoms in total. The molecule has 0 saturated heterocycles. The summed E-state index contributed by atoms with van der Waals surface area (Å²) in [4.78, 5) is 3.82. The molecule has 1 heterocycles. The summed E-state index contributed by atoms with van der Waals surface area (Å²) in [5.74, 6) is -0.162. The molecule has 0 N–H and O–H groups in total. The lowest BCUT2D eigenvalue weighted by Crippen LogP contribution is -1.91. The summed E-state index contributed by atoms with van der Waals surface area (Å²) in [7, 11) is 0. The Kier molecular flexibility index (Phi) is 3.84. The molecular formula is C17H11ClFNO. The third kappa shape index (κ3) is 3.20. The van der Waals surface area contributed by atoms with Crippen molar-refractivity contribution in [2.45, 2.75) is 0 Å². The second-order valence-corrected chi connectivity index (χ2v) is 4.87. The van der Waals surface area contributed by atoms with Crippen molar-refractivity contribution in [2.24, 2.45) is 0 Å². The fraction of sp³-hybridized carbons (Fsp3) is 0. The lowest BCUT2D eigenvalue weighted by Gasteiger charge is -2.07. The zero-order valence-corrected chi connectivity index (χ0v) is 11.7. The summed E-state index contributed by atoms with van der Waals surface area (Å²) in [6, 6.07) is 18.5. The lowest BCUT2D eigenvalue weighted by atomic mass is 10.1. The number of rotatable bonds is 3. The second kappa shape index (κ2) is 5.94. The van der Waals surface area contributed by atoms with E-state index in [-0.39, 0.29) is 10.9 Å². The van der Waals surface area contributed by atoms with Gasteiger partial charge in [-0.3, -0.25) is 0 Å². The highest BCUT2D eigenvalue weighted by atomic mass is 35.5. The van der Waals surface area contributed by atoms with Crippen molar-refractivity contribution in [2.75, 3.05) is 0 Å². The van der Waals surface area contributed by atoms with Crippen LogP contribution in [-0.4, -0.2) is 4.98 Å². The van der Waals surface area contributed by atoms with E-state index in [0.717, 1.165) is 11.1 Å². The largest absolute Gasteiger partial charge is 0.436 e. The molecule has 0 aliphatic heterocycles. The van der Waals surface area contributed by atoms with Crippen LogP contribution in [0.3, 0.4) is 0 Å². The average molecular weight is 300 g/mol. The first kappa shape index (κ1) is 13.6. The highest BCUT2D eigenvalue weighted by Gasteiger charge is 2.07. The molecule has 104 valence electrons. The average Bonchev–Trinajstić information content (AvgIpc) is 2.52. The van der Waals surface area contributed by atoms with E-state index in [9.17, 15) is 4.39 Å². The molecule has 3 rings (SSSR count). The molecule has 0 bridgehead atoms. The van der Waals surface area contributed by atoms with Gasteiger partial charge in [-0.1, -0.05) is 54.1 Å².